The Morgan fingerprint density at radius 3 is 2.48 bits per heavy atom. The first kappa shape index (κ1) is 18.8. The van der Waals surface area contributed by atoms with E-state index in [1.54, 1.807) is 26.3 Å². The maximum Gasteiger partial charge on any atom is 0.190 e. The molecular weight excluding hydrogens is 317 g/mol. The molecule has 0 atom stereocenters. The summed E-state index contributed by atoms with van der Waals surface area (Å²) >= 11 is 0. The topological polar surface area (TPSA) is 45.7 Å². The summed E-state index contributed by atoms with van der Waals surface area (Å²) in [7, 11) is 3.44. The largest absolute Gasteiger partial charge is 0.497 e. The highest BCUT2D eigenvalue weighted by molar-refractivity contribution is 5.79. The summed E-state index contributed by atoms with van der Waals surface area (Å²) in [6, 6.07) is 14.7. The van der Waals surface area contributed by atoms with Gasteiger partial charge in [0.2, 0.25) is 0 Å². The fraction of sp³-hybridized carbons (Fsp3) is 0.350. The number of nitrogens with zero attached hydrogens (tertiary/aromatic N) is 1. The van der Waals surface area contributed by atoms with E-state index in [9.17, 15) is 4.39 Å². The molecule has 0 fully saturated rings. The number of benzene rings is 2. The molecule has 134 valence electrons. The number of aliphatic imine (C=N–C) groups is 1. The van der Waals surface area contributed by atoms with Crippen molar-refractivity contribution in [2.75, 3.05) is 27.2 Å². The summed E-state index contributed by atoms with van der Waals surface area (Å²) < 4.78 is 18.1. The number of guanidine groups is 1. The van der Waals surface area contributed by atoms with E-state index in [4.69, 9.17) is 4.74 Å². The Balaban J connectivity index is 1.65. The monoisotopic (exact) mass is 343 g/mol. The van der Waals surface area contributed by atoms with Gasteiger partial charge in [0.1, 0.15) is 11.6 Å². The summed E-state index contributed by atoms with van der Waals surface area (Å²) in [5, 5.41) is 6.59. The van der Waals surface area contributed by atoms with Crippen LogP contribution >= 0.6 is 0 Å². The first-order valence-electron chi connectivity index (χ1n) is 8.53. The van der Waals surface area contributed by atoms with Crippen LogP contribution in [0.5, 0.6) is 5.75 Å². The van der Waals surface area contributed by atoms with Crippen LogP contribution in [-0.4, -0.2) is 33.2 Å². The molecule has 0 amide bonds. The number of hydrogen-bond acceptors (Lipinski definition) is 2. The lowest BCUT2D eigenvalue weighted by Gasteiger charge is -2.12. The third-order valence-electron chi connectivity index (χ3n) is 3.91. The highest BCUT2D eigenvalue weighted by Crippen LogP contribution is 2.13. The third kappa shape index (κ3) is 6.83. The van der Waals surface area contributed by atoms with Gasteiger partial charge in [0.15, 0.2) is 5.96 Å². The Kier molecular flexibility index (Phi) is 7.76. The molecule has 0 bridgehead atoms. The van der Waals surface area contributed by atoms with E-state index in [2.05, 4.69) is 27.8 Å². The van der Waals surface area contributed by atoms with Crippen molar-refractivity contribution < 1.29 is 9.13 Å². The Hall–Kier alpha value is -2.56. The molecule has 2 aromatic rings. The van der Waals surface area contributed by atoms with Gasteiger partial charge in [0.05, 0.1) is 7.11 Å². The van der Waals surface area contributed by atoms with Crippen molar-refractivity contribution in [3.05, 3.63) is 65.5 Å². The molecule has 0 aliphatic rings. The first-order chi connectivity index (χ1) is 12.2. The number of halogens is 1. The molecule has 0 aromatic heterocycles. The van der Waals surface area contributed by atoms with Crippen LogP contribution in [0.4, 0.5) is 4.39 Å². The maximum atomic E-state index is 12.9. The number of ether oxygens (including phenoxy) is 1. The summed E-state index contributed by atoms with van der Waals surface area (Å²) in [5.74, 6) is 1.47. The molecule has 4 nitrogen and oxygen atoms in total. The minimum absolute atomic E-state index is 0.203. The lowest BCUT2D eigenvalue weighted by atomic mass is 10.1. The van der Waals surface area contributed by atoms with Gasteiger partial charge >= 0.3 is 0 Å². The minimum atomic E-state index is -0.203. The van der Waals surface area contributed by atoms with Gasteiger partial charge in [-0.25, -0.2) is 4.39 Å². The van der Waals surface area contributed by atoms with Crippen molar-refractivity contribution in [3.63, 3.8) is 0 Å². The fourth-order valence-electron chi connectivity index (χ4n) is 2.52. The maximum absolute atomic E-state index is 12.9. The van der Waals surface area contributed by atoms with Crippen LogP contribution in [-0.2, 0) is 12.8 Å². The molecule has 0 saturated carbocycles. The highest BCUT2D eigenvalue weighted by atomic mass is 19.1. The molecule has 0 spiro atoms. The Morgan fingerprint density at radius 2 is 1.76 bits per heavy atom. The number of rotatable bonds is 8. The highest BCUT2D eigenvalue weighted by Gasteiger charge is 2.00. The predicted molar refractivity (Wildman–Crippen MR) is 101 cm³/mol. The Morgan fingerprint density at radius 1 is 1.00 bits per heavy atom. The van der Waals surface area contributed by atoms with Crippen LogP contribution in [0.2, 0.25) is 0 Å². The van der Waals surface area contributed by atoms with Gasteiger partial charge in [-0.2, -0.15) is 0 Å². The summed E-state index contributed by atoms with van der Waals surface area (Å²) in [6.45, 7) is 1.59. The van der Waals surface area contributed by atoms with Crippen molar-refractivity contribution in [1.82, 2.24) is 10.6 Å². The molecule has 2 aromatic carbocycles. The number of hydrogen-bond donors (Lipinski definition) is 2. The number of aryl methyl sites for hydroxylation is 1. The molecule has 0 aliphatic heterocycles. The number of methoxy groups -OCH3 is 1. The van der Waals surface area contributed by atoms with Gasteiger partial charge in [0.25, 0.3) is 0 Å². The van der Waals surface area contributed by atoms with E-state index in [1.165, 1.54) is 17.7 Å². The quantitative estimate of drug-likeness (QED) is 0.440. The van der Waals surface area contributed by atoms with E-state index < -0.39 is 0 Å². The van der Waals surface area contributed by atoms with Gasteiger partial charge in [-0.15, -0.1) is 0 Å². The van der Waals surface area contributed by atoms with Gasteiger partial charge in [-0.3, -0.25) is 4.99 Å². The van der Waals surface area contributed by atoms with Crippen LogP contribution in [0.1, 0.15) is 17.5 Å². The molecule has 5 heteroatoms. The van der Waals surface area contributed by atoms with E-state index in [-0.39, 0.29) is 5.82 Å². The van der Waals surface area contributed by atoms with E-state index >= 15 is 0 Å². The van der Waals surface area contributed by atoms with Crippen LogP contribution in [0.25, 0.3) is 0 Å². The van der Waals surface area contributed by atoms with E-state index in [1.807, 2.05) is 12.1 Å². The lowest BCUT2D eigenvalue weighted by molar-refractivity contribution is 0.414. The molecule has 0 saturated heterocycles. The second-order valence-corrected chi connectivity index (χ2v) is 5.76. The standard InChI is InChI=1S/C20H26FN3O/c1-22-20(24-14-12-16-8-10-18(21)11-9-16)23-13-4-6-17-5-3-7-19(15-17)25-2/h3,5,7-11,15H,4,6,12-14H2,1-2H3,(H2,22,23,24). The zero-order valence-electron chi connectivity index (χ0n) is 14.9. The van der Waals surface area contributed by atoms with Gasteiger partial charge in [-0.1, -0.05) is 24.3 Å². The summed E-state index contributed by atoms with van der Waals surface area (Å²) in [5.41, 5.74) is 2.36. The first-order valence-corrected chi connectivity index (χ1v) is 8.53. The Labute approximate surface area is 149 Å². The normalized spacial score (nSPS) is 11.2. The van der Waals surface area contributed by atoms with Crippen LogP contribution in [0, 0.1) is 5.82 Å². The van der Waals surface area contributed by atoms with Crippen molar-refractivity contribution >= 4 is 5.96 Å². The van der Waals surface area contributed by atoms with Crippen molar-refractivity contribution in [2.45, 2.75) is 19.3 Å². The minimum Gasteiger partial charge on any atom is -0.497 e. The molecule has 0 radical (unpaired) electrons. The molecule has 2 N–H and O–H groups in total. The molecule has 0 unspecified atom stereocenters. The molecule has 0 heterocycles. The number of nitrogens with one attached hydrogen (secondary N) is 2. The molecule has 0 aliphatic carbocycles. The van der Waals surface area contributed by atoms with E-state index in [0.717, 1.165) is 49.6 Å². The van der Waals surface area contributed by atoms with Crippen LogP contribution < -0.4 is 15.4 Å². The average Bonchev–Trinajstić information content (AvgIpc) is 2.65. The van der Waals surface area contributed by atoms with Gasteiger partial charge in [-0.05, 0) is 54.7 Å². The predicted octanol–water partition coefficient (Wildman–Crippen LogP) is 3.17. The lowest BCUT2D eigenvalue weighted by Crippen LogP contribution is -2.38. The van der Waals surface area contributed by atoms with E-state index in [0.29, 0.717) is 0 Å². The average molecular weight is 343 g/mol. The van der Waals surface area contributed by atoms with Crippen molar-refractivity contribution in [3.8, 4) is 5.75 Å². The summed E-state index contributed by atoms with van der Waals surface area (Å²) in [6.07, 6.45) is 2.81. The molecule has 25 heavy (non-hydrogen) atoms. The Bertz CT molecular complexity index is 671. The zero-order chi connectivity index (χ0) is 17.9. The van der Waals surface area contributed by atoms with Gasteiger partial charge < -0.3 is 15.4 Å². The second kappa shape index (κ2) is 10.3. The van der Waals surface area contributed by atoms with Crippen LogP contribution in [0.3, 0.4) is 0 Å². The van der Waals surface area contributed by atoms with Crippen molar-refractivity contribution in [1.29, 1.82) is 0 Å². The third-order valence-corrected chi connectivity index (χ3v) is 3.91. The second-order valence-electron chi connectivity index (χ2n) is 5.76. The van der Waals surface area contributed by atoms with Crippen molar-refractivity contribution in [2.24, 2.45) is 4.99 Å². The molecule has 2 rings (SSSR count). The SMILES string of the molecule is CN=C(NCCCc1cccc(OC)c1)NCCc1ccc(F)cc1. The fourth-order valence-corrected chi connectivity index (χ4v) is 2.52. The molecular formula is C20H26FN3O. The smallest absolute Gasteiger partial charge is 0.190 e. The zero-order valence-corrected chi connectivity index (χ0v) is 14.9. The summed E-state index contributed by atoms with van der Waals surface area (Å²) in [4.78, 5) is 4.22. The van der Waals surface area contributed by atoms with Gasteiger partial charge in [0, 0.05) is 20.1 Å². The van der Waals surface area contributed by atoms with Crippen LogP contribution in [0.15, 0.2) is 53.5 Å².